The Labute approximate surface area is 93.7 Å². The van der Waals surface area contributed by atoms with Crippen molar-refractivity contribution in [2.45, 2.75) is 45.6 Å². The van der Waals surface area contributed by atoms with Gasteiger partial charge in [-0.3, -0.25) is 0 Å². The van der Waals surface area contributed by atoms with Crippen LogP contribution in [0.3, 0.4) is 0 Å². The van der Waals surface area contributed by atoms with E-state index in [1.165, 1.54) is 18.4 Å². The van der Waals surface area contributed by atoms with Gasteiger partial charge in [-0.25, -0.2) is 0 Å². The minimum Gasteiger partial charge on any atom is -0.328 e. The Hall–Kier alpha value is -0.820. The molecule has 2 N–H and O–H groups in total. The molecule has 0 aliphatic carbocycles. The van der Waals surface area contributed by atoms with Crippen molar-refractivity contribution in [3.05, 3.63) is 35.9 Å². The lowest BCUT2D eigenvalue weighted by atomic mass is 9.80. The van der Waals surface area contributed by atoms with Crippen LogP contribution in [0.2, 0.25) is 0 Å². The first-order valence-corrected chi connectivity index (χ1v) is 5.97. The third-order valence-corrected chi connectivity index (χ3v) is 3.29. The largest absolute Gasteiger partial charge is 0.328 e. The van der Waals surface area contributed by atoms with Crippen LogP contribution < -0.4 is 5.73 Å². The molecule has 1 heteroatoms. The van der Waals surface area contributed by atoms with Crippen molar-refractivity contribution in [2.24, 2.45) is 11.7 Å². The fourth-order valence-corrected chi connectivity index (χ4v) is 2.11. The van der Waals surface area contributed by atoms with Crippen molar-refractivity contribution in [1.82, 2.24) is 0 Å². The topological polar surface area (TPSA) is 26.0 Å². The summed E-state index contributed by atoms with van der Waals surface area (Å²) in [7, 11) is 0. The van der Waals surface area contributed by atoms with E-state index in [1.54, 1.807) is 0 Å². The van der Waals surface area contributed by atoms with Gasteiger partial charge in [0.2, 0.25) is 0 Å². The molecule has 0 amide bonds. The molecule has 0 heterocycles. The summed E-state index contributed by atoms with van der Waals surface area (Å²) in [5, 5.41) is 0. The van der Waals surface area contributed by atoms with Gasteiger partial charge in [-0.15, -0.1) is 0 Å². The Morgan fingerprint density at radius 2 is 1.73 bits per heavy atom. The second kappa shape index (κ2) is 5.92. The highest BCUT2D eigenvalue weighted by Gasteiger charge is 2.21. The van der Waals surface area contributed by atoms with Crippen LogP contribution in [0.15, 0.2) is 30.3 Å². The molecule has 84 valence electrons. The van der Waals surface area contributed by atoms with E-state index in [0.717, 1.165) is 0 Å². The van der Waals surface area contributed by atoms with Crippen LogP contribution in [0.25, 0.3) is 0 Å². The quantitative estimate of drug-likeness (QED) is 0.781. The van der Waals surface area contributed by atoms with Crippen molar-refractivity contribution in [1.29, 1.82) is 0 Å². The van der Waals surface area contributed by atoms with Crippen LogP contribution in [0.5, 0.6) is 0 Å². The molecular weight excluding hydrogens is 182 g/mol. The number of nitrogens with two attached hydrogens (primary N) is 1. The van der Waals surface area contributed by atoms with Gasteiger partial charge in [0.1, 0.15) is 0 Å². The third-order valence-electron chi connectivity index (χ3n) is 3.29. The minimum absolute atomic E-state index is 0.266. The van der Waals surface area contributed by atoms with Crippen LogP contribution in [0.1, 0.15) is 45.1 Å². The fraction of sp³-hybridized carbons (Fsp3) is 0.571. The van der Waals surface area contributed by atoms with Crippen LogP contribution in [-0.2, 0) is 0 Å². The molecule has 1 rings (SSSR count). The van der Waals surface area contributed by atoms with Crippen LogP contribution in [0.4, 0.5) is 0 Å². The van der Waals surface area contributed by atoms with Crippen LogP contribution in [-0.4, -0.2) is 6.04 Å². The molecule has 0 fully saturated rings. The Bertz CT molecular complexity index is 266. The van der Waals surface area contributed by atoms with Gasteiger partial charge in [-0.1, -0.05) is 50.6 Å². The van der Waals surface area contributed by atoms with E-state index >= 15 is 0 Å². The summed E-state index contributed by atoms with van der Waals surface area (Å²) in [5.41, 5.74) is 7.44. The van der Waals surface area contributed by atoms with E-state index in [0.29, 0.717) is 11.8 Å². The highest BCUT2D eigenvalue weighted by molar-refractivity contribution is 5.20. The van der Waals surface area contributed by atoms with E-state index in [9.17, 15) is 0 Å². The molecule has 0 aliphatic heterocycles. The van der Waals surface area contributed by atoms with E-state index in [-0.39, 0.29) is 6.04 Å². The number of hydrogen-bond donors (Lipinski definition) is 1. The standard InChI is InChI=1S/C14H23N/c1-4-8-14(11(2)12(3)15)13-9-6-5-7-10-13/h5-7,9-12,14H,4,8,15H2,1-3H3. The maximum absolute atomic E-state index is 6.00. The van der Waals surface area contributed by atoms with Gasteiger partial charge >= 0.3 is 0 Å². The molecule has 15 heavy (non-hydrogen) atoms. The van der Waals surface area contributed by atoms with Crippen molar-refractivity contribution < 1.29 is 0 Å². The van der Waals surface area contributed by atoms with Crippen LogP contribution in [0, 0.1) is 5.92 Å². The predicted molar refractivity (Wildman–Crippen MR) is 66.9 cm³/mol. The van der Waals surface area contributed by atoms with Crippen molar-refractivity contribution in [3.63, 3.8) is 0 Å². The molecule has 3 atom stereocenters. The predicted octanol–water partition coefficient (Wildman–Crippen LogP) is 3.55. The van der Waals surface area contributed by atoms with Gasteiger partial charge in [0.05, 0.1) is 0 Å². The van der Waals surface area contributed by atoms with E-state index in [1.807, 2.05) is 0 Å². The van der Waals surface area contributed by atoms with Gasteiger partial charge in [-0.05, 0) is 30.7 Å². The maximum atomic E-state index is 6.00. The van der Waals surface area contributed by atoms with E-state index in [2.05, 4.69) is 51.1 Å². The van der Waals surface area contributed by atoms with E-state index in [4.69, 9.17) is 5.73 Å². The molecule has 0 radical (unpaired) electrons. The van der Waals surface area contributed by atoms with Gasteiger partial charge < -0.3 is 5.73 Å². The summed E-state index contributed by atoms with van der Waals surface area (Å²) in [5.74, 6) is 1.16. The average molecular weight is 205 g/mol. The molecule has 0 bridgehead atoms. The zero-order valence-corrected chi connectivity index (χ0v) is 10.1. The lowest BCUT2D eigenvalue weighted by Gasteiger charge is -2.27. The van der Waals surface area contributed by atoms with Crippen molar-refractivity contribution in [3.8, 4) is 0 Å². The molecule has 1 nitrogen and oxygen atoms in total. The van der Waals surface area contributed by atoms with Gasteiger partial charge in [0, 0.05) is 6.04 Å². The number of rotatable bonds is 5. The first-order valence-electron chi connectivity index (χ1n) is 5.97. The highest BCUT2D eigenvalue weighted by atomic mass is 14.6. The first-order chi connectivity index (χ1) is 7.16. The zero-order chi connectivity index (χ0) is 11.3. The Morgan fingerprint density at radius 1 is 1.13 bits per heavy atom. The summed E-state index contributed by atoms with van der Waals surface area (Å²) in [6.45, 7) is 6.61. The first kappa shape index (κ1) is 12.3. The summed E-state index contributed by atoms with van der Waals surface area (Å²) in [6, 6.07) is 11.0. The molecule has 3 unspecified atom stereocenters. The molecule has 0 aromatic heterocycles. The van der Waals surface area contributed by atoms with Gasteiger partial charge in [-0.2, -0.15) is 0 Å². The van der Waals surface area contributed by atoms with Crippen molar-refractivity contribution in [2.75, 3.05) is 0 Å². The normalized spacial score (nSPS) is 17.1. The molecule has 0 spiro atoms. The monoisotopic (exact) mass is 205 g/mol. The lowest BCUT2D eigenvalue weighted by molar-refractivity contribution is 0.376. The van der Waals surface area contributed by atoms with Crippen molar-refractivity contribution >= 4 is 0 Å². The highest BCUT2D eigenvalue weighted by Crippen LogP contribution is 2.30. The summed E-state index contributed by atoms with van der Waals surface area (Å²) in [4.78, 5) is 0. The lowest BCUT2D eigenvalue weighted by Crippen LogP contribution is -2.29. The molecule has 1 aromatic carbocycles. The SMILES string of the molecule is CCCC(c1ccccc1)C(C)C(C)N. The second-order valence-corrected chi connectivity index (χ2v) is 4.52. The van der Waals surface area contributed by atoms with Gasteiger partial charge in [0.15, 0.2) is 0 Å². The minimum atomic E-state index is 0.266. The Morgan fingerprint density at radius 3 is 2.20 bits per heavy atom. The molecule has 0 saturated heterocycles. The Balaban J connectivity index is 2.83. The molecular formula is C14H23N. The number of benzene rings is 1. The molecule has 1 aromatic rings. The molecule has 0 saturated carbocycles. The second-order valence-electron chi connectivity index (χ2n) is 4.52. The number of hydrogen-bond acceptors (Lipinski definition) is 1. The third kappa shape index (κ3) is 3.35. The smallest absolute Gasteiger partial charge is 0.00419 e. The fourth-order valence-electron chi connectivity index (χ4n) is 2.11. The Kier molecular flexibility index (Phi) is 4.83. The molecule has 0 aliphatic rings. The summed E-state index contributed by atoms with van der Waals surface area (Å²) < 4.78 is 0. The van der Waals surface area contributed by atoms with Crippen LogP contribution >= 0.6 is 0 Å². The zero-order valence-electron chi connectivity index (χ0n) is 10.1. The van der Waals surface area contributed by atoms with E-state index < -0.39 is 0 Å². The van der Waals surface area contributed by atoms with Gasteiger partial charge in [0.25, 0.3) is 0 Å². The average Bonchev–Trinajstić information content (AvgIpc) is 2.26. The maximum Gasteiger partial charge on any atom is 0.00419 e. The summed E-state index contributed by atoms with van der Waals surface area (Å²) in [6.07, 6.45) is 2.45. The summed E-state index contributed by atoms with van der Waals surface area (Å²) >= 11 is 0.